The van der Waals surface area contributed by atoms with E-state index in [4.69, 9.17) is 0 Å². The smallest absolute Gasteiger partial charge is 0.128 e. The number of anilines is 2. The Morgan fingerprint density at radius 3 is 2.56 bits per heavy atom. The normalized spacial score (nSPS) is 10.2. The van der Waals surface area contributed by atoms with Crippen LogP contribution in [0.4, 0.5) is 11.5 Å². The van der Waals surface area contributed by atoms with E-state index >= 15 is 0 Å². The lowest BCUT2D eigenvalue weighted by Gasteiger charge is -2.21. The van der Waals surface area contributed by atoms with E-state index in [2.05, 4.69) is 48.1 Å². The standard InChI is InChI=1S/C13H23N3/c1-4-7-10-16(6-3)13-9-8-12(11-15-13)14-5-2/h8-9,11,14H,4-7,10H2,1-3H3. The molecule has 3 heteroatoms. The Hall–Kier alpha value is -1.25. The van der Waals surface area contributed by atoms with Crippen LogP contribution in [0.1, 0.15) is 33.6 Å². The van der Waals surface area contributed by atoms with Crippen molar-refractivity contribution in [3.63, 3.8) is 0 Å². The topological polar surface area (TPSA) is 28.2 Å². The third kappa shape index (κ3) is 3.72. The summed E-state index contributed by atoms with van der Waals surface area (Å²) in [6, 6.07) is 4.19. The molecule has 0 radical (unpaired) electrons. The van der Waals surface area contributed by atoms with E-state index in [0.29, 0.717) is 0 Å². The molecule has 0 spiro atoms. The number of unbranched alkanes of at least 4 members (excludes halogenated alkanes) is 1. The van der Waals surface area contributed by atoms with Crippen LogP contribution in [-0.2, 0) is 0 Å². The van der Waals surface area contributed by atoms with Crippen LogP contribution >= 0.6 is 0 Å². The zero-order valence-corrected chi connectivity index (χ0v) is 10.7. The molecule has 0 fully saturated rings. The average Bonchev–Trinajstić information content (AvgIpc) is 2.32. The predicted octanol–water partition coefficient (Wildman–Crippen LogP) is 3.14. The molecule has 0 aromatic carbocycles. The molecule has 0 aliphatic carbocycles. The van der Waals surface area contributed by atoms with E-state index in [1.165, 1.54) is 12.8 Å². The monoisotopic (exact) mass is 221 g/mol. The lowest BCUT2D eigenvalue weighted by molar-refractivity contribution is 0.724. The second-order valence-electron chi connectivity index (χ2n) is 3.87. The Labute approximate surface area is 98.9 Å². The fraction of sp³-hybridized carbons (Fsp3) is 0.615. The summed E-state index contributed by atoms with van der Waals surface area (Å²) in [4.78, 5) is 6.80. The fourth-order valence-corrected chi connectivity index (χ4v) is 1.67. The summed E-state index contributed by atoms with van der Waals surface area (Å²) < 4.78 is 0. The minimum absolute atomic E-state index is 0.939. The lowest BCUT2D eigenvalue weighted by Crippen LogP contribution is -2.24. The molecule has 1 aromatic heterocycles. The van der Waals surface area contributed by atoms with E-state index in [1.807, 2.05) is 6.20 Å². The minimum Gasteiger partial charge on any atom is -0.384 e. The molecule has 0 bridgehead atoms. The first kappa shape index (κ1) is 12.8. The summed E-state index contributed by atoms with van der Waals surface area (Å²) in [5, 5.41) is 3.25. The van der Waals surface area contributed by atoms with Gasteiger partial charge in [-0.3, -0.25) is 0 Å². The maximum atomic E-state index is 4.48. The van der Waals surface area contributed by atoms with Crippen molar-refractivity contribution < 1.29 is 0 Å². The molecule has 0 atom stereocenters. The average molecular weight is 221 g/mol. The second-order valence-corrected chi connectivity index (χ2v) is 3.87. The number of nitrogens with zero attached hydrogens (tertiary/aromatic N) is 2. The summed E-state index contributed by atoms with van der Waals surface area (Å²) in [5.74, 6) is 1.08. The van der Waals surface area contributed by atoms with E-state index in [0.717, 1.165) is 31.1 Å². The summed E-state index contributed by atoms with van der Waals surface area (Å²) in [6.07, 6.45) is 4.36. The Bertz CT molecular complexity index is 282. The van der Waals surface area contributed by atoms with Gasteiger partial charge in [0.1, 0.15) is 5.82 Å². The van der Waals surface area contributed by atoms with Gasteiger partial charge in [0.25, 0.3) is 0 Å². The van der Waals surface area contributed by atoms with Crippen LogP contribution in [0.3, 0.4) is 0 Å². The maximum Gasteiger partial charge on any atom is 0.128 e. The largest absolute Gasteiger partial charge is 0.384 e. The first-order valence-electron chi connectivity index (χ1n) is 6.26. The predicted molar refractivity (Wildman–Crippen MR) is 71.2 cm³/mol. The summed E-state index contributed by atoms with van der Waals surface area (Å²) in [6.45, 7) is 9.54. The van der Waals surface area contributed by atoms with Gasteiger partial charge in [-0.15, -0.1) is 0 Å². The highest BCUT2D eigenvalue weighted by atomic mass is 15.2. The van der Waals surface area contributed by atoms with Crippen molar-refractivity contribution in [2.75, 3.05) is 29.9 Å². The van der Waals surface area contributed by atoms with Crippen LogP contribution in [0, 0.1) is 0 Å². The van der Waals surface area contributed by atoms with Gasteiger partial charge in [0.2, 0.25) is 0 Å². The van der Waals surface area contributed by atoms with Gasteiger partial charge in [0.05, 0.1) is 11.9 Å². The van der Waals surface area contributed by atoms with Gasteiger partial charge in [0, 0.05) is 19.6 Å². The molecule has 0 amide bonds. The van der Waals surface area contributed by atoms with Crippen molar-refractivity contribution in [1.29, 1.82) is 0 Å². The molecule has 1 rings (SSSR count). The van der Waals surface area contributed by atoms with Crippen LogP contribution in [0.25, 0.3) is 0 Å². The van der Waals surface area contributed by atoms with Crippen molar-refractivity contribution in [2.45, 2.75) is 33.6 Å². The van der Waals surface area contributed by atoms with Gasteiger partial charge in [-0.1, -0.05) is 13.3 Å². The van der Waals surface area contributed by atoms with Gasteiger partial charge < -0.3 is 10.2 Å². The number of pyridine rings is 1. The lowest BCUT2D eigenvalue weighted by atomic mass is 10.3. The number of hydrogen-bond donors (Lipinski definition) is 1. The highest BCUT2D eigenvalue weighted by molar-refractivity contribution is 5.48. The van der Waals surface area contributed by atoms with Crippen LogP contribution in [0.2, 0.25) is 0 Å². The number of aromatic nitrogens is 1. The molecule has 3 nitrogen and oxygen atoms in total. The third-order valence-electron chi connectivity index (χ3n) is 2.62. The molecule has 0 aliphatic rings. The molecule has 0 unspecified atom stereocenters. The van der Waals surface area contributed by atoms with E-state index < -0.39 is 0 Å². The fourth-order valence-electron chi connectivity index (χ4n) is 1.67. The Morgan fingerprint density at radius 2 is 2.06 bits per heavy atom. The SMILES string of the molecule is CCCCN(CC)c1ccc(NCC)cn1. The zero-order chi connectivity index (χ0) is 11.8. The van der Waals surface area contributed by atoms with E-state index in [-0.39, 0.29) is 0 Å². The molecule has 90 valence electrons. The molecular formula is C13H23N3. The number of nitrogens with one attached hydrogen (secondary N) is 1. The van der Waals surface area contributed by atoms with Crippen molar-refractivity contribution in [3.8, 4) is 0 Å². The molecule has 1 aromatic rings. The molecule has 1 N–H and O–H groups in total. The maximum absolute atomic E-state index is 4.48. The quantitative estimate of drug-likeness (QED) is 0.766. The van der Waals surface area contributed by atoms with Crippen LogP contribution in [0.5, 0.6) is 0 Å². The first-order valence-corrected chi connectivity index (χ1v) is 6.26. The second kappa shape index (κ2) is 7.09. The van der Waals surface area contributed by atoms with Crippen LogP contribution in [-0.4, -0.2) is 24.6 Å². The van der Waals surface area contributed by atoms with Gasteiger partial charge in [-0.2, -0.15) is 0 Å². The number of rotatable bonds is 7. The van der Waals surface area contributed by atoms with Gasteiger partial charge >= 0.3 is 0 Å². The van der Waals surface area contributed by atoms with Gasteiger partial charge in [-0.05, 0) is 32.4 Å². The molecule has 1 heterocycles. The molecule has 0 saturated carbocycles. The van der Waals surface area contributed by atoms with Crippen molar-refractivity contribution in [2.24, 2.45) is 0 Å². The third-order valence-corrected chi connectivity index (χ3v) is 2.62. The Kier molecular flexibility index (Phi) is 5.68. The first-order chi connectivity index (χ1) is 7.81. The summed E-state index contributed by atoms with van der Waals surface area (Å²) in [5.41, 5.74) is 1.10. The zero-order valence-electron chi connectivity index (χ0n) is 10.7. The van der Waals surface area contributed by atoms with Crippen LogP contribution in [0.15, 0.2) is 18.3 Å². The number of hydrogen-bond acceptors (Lipinski definition) is 3. The van der Waals surface area contributed by atoms with Gasteiger partial charge in [0.15, 0.2) is 0 Å². The molecule has 0 saturated heterocycles. The Balaban J connectivity index is 2.62. The summed E-state index contributed by atoms with van der Waals surface area (Å²) in [7, 11) is 0. The highest BCUT2D eigenvalue weighted by Crippen LogP contribution is 2.14. The molecular weight excluding hydrogens is 198 g/mol. The summed E-state index contributed by atoms with van der Waals surface area (Å²) >= 11 is 0. The highest BCUT2D eigenvalue weighted by Gasteiger charge is 2.04. The van der Waals surface area contributed by atoms with Crippen molar-refractivity contribution in [1.82, 2.24) is 4.98 Å². The minimum atomic E-state index is 0.939. The van der Waals surface area contributed by atoms with E-state index in [1.54, 1.807) is 0 Å². The molecule has 0 aliphatic heterocycles. The Morgan fingerprint density at radius 1 is 1.25 bits per heavy atom. The van der Waals surface area contributed by atoms with Crippen LogP contribution < -0.4 is 10.2 Å². The van der Waals surface area contributed by atoms with E-state index in [9.17, 15) is 0 Å². The van der Waals surface area contributed by atoms with Crippen molar-refractivity contribution >= 4 is 11.5 Å². The molecule has 16 heavy (non-hydrogen) atoms. The van der Waals surface area contributed by atoms with Gasteiger partial charge in [-0.25, -0.2) is 4.98 Å². The van der Waals surface area contributed by atoms with Crippen molar-refractivity contribution in [3.05, 3.63) is 18.3 Å².